The van der Waals surface area contributed by atoms with Crippen LogP contribution in [0.25, 0.3) is 21.4 Å². The molecule has 1 fully saturated rings. The maximum atomic E-state index is 11.6. The molecule has 4 aromatic rings. The van der Waals surface area contributed by atoms with Crippen LogP contribution in [0.3, 0.4) is 0 Å². The van der Waals surface area contributed by atoms with Crippen LogP contribution >= 0.6 is 11.3 Å². The van der Waals surface area contributed by atoms with Crippen molar-refractivity contribution in [2.24, 2.45) is 0 Å². The first-order valence-corrected chi connectivity index (χ1v) is 12.9. The third kappa shape index (κ3) is 4.56. The summed E-state index contributed by atoms with van der Waals surface area (Å²) in [6, 6.07) is 10.00. The largest absolute Gasteiger partial charge is 0.356 e. The van der Waals surface area contributed by atoms with Gasteiger partial charge in [-0.1, -0.05) is 30.2 Å². The Kier molecular flexibility index (Phi) is 5.37. The number of benzene rings is 1. The molecule has 0 bridgehead atoms. The molecule has 0 spiro atoms. The number of thiazole rings is 1. The quantitative estimate of drug-likeness (QED) is 0.440. The number of rotatable bonds is 6. The molecular weight excluding hydrogens is 434 g/mol. The number of aromatic nitrogens is 4. The van der Waals surface area contributed by atoms with Crippen molar-refractivity contribution in [1.82, 2.24) is 19.5 Å². The van der Waals surface area contributed by atoms with E-state index in [1.165, 1.54) is 0 Å². The summed E-state index contributed by atoms with van der Waals surface area (Å²) in [7, 11) is -3.49. The normalized spacial score (nSPS) is 19.8. The first-order chi connectivity index (χ1) is 14.9. The lowest BCUT2D eigenvalue weighted by atomic mass is 9.93. The molecule has 0 radical (unpaired) electrons. The maximum Gasteiger partial charge on any atom is 0.264 e. The number of hydrogen-bond acceptors (Lipinski definition) is 8. The summed E-state index contributed by atoms with van der Waals surface area (Å²) in [6.07, 6.45) is 7.95. The van der Waals surface area contributed by atoms with Gasteiger partial charge in [-0.15, -0.1) is 0 Å². The smallest absolute Gasteiger partial charge is 0.264 e. The van der Waals surface area contributed by atoms with Crippen LogP contribution in [0.2, 0.25) is 0 Å². The molecule has 162 valence electrons. The van der Waals surface area contributed by atoms with Crippen LogP contribution in [0.15, 0.2) is 42.9 Å². The number of nitrogens with zero attached hydrogens (tertiary/aromatic N) is 4. The zero-order valence-corrected chi connectivity index (χ0v) is 18.7. The van der Waals surface area contributed by atoms with Crippen molar-refractivity contribution in [2.75, 3.05) is 11.6 Å². The molecular formula is C21H23N5O3S2. The van der Waals surface area contributed by atoms with E-state index in [0.29, 0.717) is 6.54 Å². The minimum Gasteiger partial charge on any atom is -0.356 e. The van der Waals surface area contributed by atoms with E-state index in [0.717, 1.165) is 64.0 Å². The molecule has 8 nitrogen and oxygen atoms in total. The van der Waals surface area contributed by atoms with E-state index in [2.05, 4.69) is 27.4 Å². The molecule has 3 heterocycles. The molecule has 1 aromatic carbocycles. The van der Waals surface area contributed by atoms with E-state index in [4.69, 9.17) is 9.17 Å². The van der Waals surface area contributed by atoms with Crippen molar-refractivity contribution in [2.45, 2.75) is 44.4 Å². The predicted molar refractivity (Wildman–Crippen MR) is 122 cm³/mol. The van der Waals surface area contributed by atoms with Crippen molar-refractivity contribution in [3.05, 3.63) is 48.4 Å². The lowest BCUT2D eigenvalue weighted by molar-refractivity contribution is 0.149. The van der Waals surface area contributed by atoms with Gasteiger partial charge in [0, 0.05) is 6.20 Å². The highest BCUT2D eigenvalue weighted by Crippen LogP contribution is 2.31. The summed E-state index contributed by atoms with van der Waals surface area (Å²) < 4.78 is 31.7. The second-order valence-corrected chi connectivity index (χ2v) is 10.5. The van der Waals surface area contributed by atoms with Crippen LogP contribution < -0.4 is 5.32 Å². The SMILES string of the molecule is CS(=O)(=O)O[C@@H]1CCCC[C@H]1Nc1nc2ccc(Cn3cnc4cccnc43)cc2s1. The van der Waals surface area contributed by atoms with Gasteiger partial charge in [-0.2, -0.15) is 8.42 Å². The molecule has 5 rings (SSSR count). The van der Waals surface area contributed by atoms with E-state index in [1.807, 2.05) is 29.1 Å². The average molecular weight is 458 g/mol. The molecule has 1 aliphatic rings. The maximum absolute atomic E-state index is 11.6. The van der Waals surface area contributed by atoms with Crippen molar-refractivity contribution < 1.29 is 12.6 Å². The zero-order valence-electron chi connectivity index (χ0n) is 17.1. The van der Waals surface area contributed by atoms with Crippen molar-refractivity contribution >= 4 is 48.0 Å². The Bertz CT molecular complexity index is 1330. The summed E-state index contributed by atoms with van der Waals surface area (Å²) in [6.45, 7) is 0.678. The van der Waals surface area contributed by atoms with Crippen LogP contribution in [0, 0.1) is 0 Å². The predicted octanol–water partition coefficient (Wildman–Crippen LogP) is 3.79. The Labute approximate surface area is 184 Å². The van der Waals surface area contributed by atoms with Crippen molar-refractivity contribution in [1.29, 1.82) is 0 Å². The second-order valence-electron chi connectivity index (χ2n) is 7.91. The lowest BCUT2D eigenvalue weighted by Crippen LogP contribution is -2.39. The Morgan fingerprint density at radius 1 is 1.19 bits per heavy atom. The first kappa shape index (κ1) is 20.3. The van der Waals surface area contributed by atoms with Crippen molar-refractivity contribution in [3.8, 4) is 0 Å². The highest BCUT2D eigenvalue weighted by atomic mass is 32.2. The van der Waals surface area contributed by atoms with E-state index in [9.17, 15) is 8.42 Å². The fourth-order valence-electron chi connectivity index (χ4n) is 4.10. The molecule has 1 N–H and O–H groups in total. The molecule has 0 amide bonds. The van der Waals surface area contributed by atoms with Gasteiger partial charge in [0.15, 0.2) is 10.8 Å². The van der Waals surface area contributed by atoms with Gasteiger partial charge in [0.25, 0.3) is 10.1 Å². The average Bonchev–Trinajstić information content (AvgIpc) is 3.32. The molecule has 2 atom stereocenters. The number of pyridine rings is 1. The van der Waals surface area contributed by atoms with Gasteiger partial charge in [0.2, 0.25) is 0 Å². The monoisotopic (exact) mass is 457 g/mol. The third-order valence-electron chi connectivity index (χ3n) is 5.49. The molecule has 0 saturated heterocycles. The van der Waals surface area contributed by atoms with E-state index in [-0.39, 0.29) is 12.1 Å². The number of anilines is 1. The molecule has 31 heavy (non-hydrogen) atoms. The summed E-state index contributed by atoms with van der Waals surface area (Å²) in [4.78, 5) is 13.5. The summed E-state index contributed by atoms with van der Waals surface area (Å²) >= 11 is 1.57. The standard InChI is InChI=1S/C21H23N5O3S2/c1-31(27,28)29-18-7-3-2-5-15(18)24-21-25-16-9-8-14(11-19(16)30-21)12-26-13-23-17-6-4-10-22-20(17)26/h4,6,8-11,13,15,18H,2-3,5,7,12H2,1H3,(H,24,25)/t15-,18-/m1/s1. The van der Waals surface area contributed by atoms with Crippen LogP contribution in [0.5, 0.6) is 0 Å². The molecule has 3 aromatic heterocycles. The van der Waals surface area contributed by atoms with Gasteiger partial charge < -0.3 is 9.88 Å². The summed E-state index contributed by atoms with van der Waals surface area (Å²) in [5.74, 6) is 0. The van der Waals surface area contributed by atoms with Gasteiger partial charge in [0.05, 0.1) is 41.5 Å². The molecule has 1 aliphatic carbocycles. The second kappa shape index (κ2) is 8.18. The Balaban J connectivity index is 1.35. The minimum absolute atomic E-state index is 0.0631. The van der Waals surface area contributed by atoms with Gasteiger partial charge in [-0.05, 0) is 42.7 Å². The van der Waals surface area contributed by atoms with Crippen LogP contribution in [0.1, 0.15) is 31.2 Å². The molecule has 0 unspecified atom stereocenters. The zero-order chi connectivity index (χ0) is 21.4. The van der Waals surface area contributed by atoms with E-state index < -0.39 is 10.1 Å². The van der Waals surface area contributed by atoms with Gasteiger partial charge in [-0.25, -0.2) is 15.0 Å². The molecule has 0 aliphatic heterocycles. The number of imidazole rings is 1. The Hall–Kier alpha value is -2.56. The third-order valence-corrected chi connectivity index (χ3v) is 7.04. The highest BCUT2D eigenvalue weighted by Gasteiger charge is 2.29. The van der Waals surface area contributed by atoms with Crippen LogP contribution in [-0.4, -0.2) is 46.3 Å². The van der Waals surface area contributed by atoms with Gasteiger partial charge in [0.1, 0.15) is 5.52 Å². The van der Waals surface area contributed by atoms with E-state index >= 15 is 0 Å². The topological polar surface area (TPSA) is 99.0 Å². The Morgan fingerprint density at radius 2 is 2.06 bits per heavy atom. The molecule has 10 heteroatoms. The summed E-state index contributed by atoms with van der Waals surface area (Å²) in [5.41, 5.74) is 3.81. The first-order valence-electron chi connectivity index (χ1n) is 10.2. The summed E-state index contributed by atoms with van der Waals surface area (Å²) in [5, 5.41) is 4.21. The number of fused-ring (bicyclic) bond motifs is 2. The van der Waals surface area contributed by atoms with E-state index in [1.54, 1.807) is 17.5 Å². The number of nitrogens with one attached hydrogen (secondary N) is 1. The fraction of sp³-hybridized carbons (Fsp3) is 0.381. The van der Waals surface area contributed by atoms with Crippen LogP contribution in [0.4, 0.5) is 5.13 Å². The highest BCUT2D eigenvalue weighted by molar-refractivity contribution is 7.86. The van der Waals surface area contributed by atoms with Crippen molar-refractivity contribution in [3.63, 3.8) is 0 Å². The fourth-order valence-corrected chi connectivity index (χ4v) is 5.77. The van der Waals surface area contributed by atoms with Gasteiger partial charge >= 0.3 is 0 Å². The van der Waals surface area contributed by atoms with Crippen LogP contribution in [-0.2, 0) is 20.8 Å². The lowest BCUT2D eigenvalue weighted by Gasteiger charge is -2.30. The molecule has 1 saturated carbocycles. The Morgan fingerprint density at radius 3 is 2.94 bits per heavy atom. The minimum atomic E-state index is -3.49. The number of hydrogen-bond donors (Lipinski definition) is 1. The van der Waals surface area contributed by atoms with Gasteiger partial charge in [-0.3, -0.25) is 4.18 Å².